The lowest BCUT2D eigenvalue weighted by molar-refractivity contribution is -0.186. The van der Waals surface area contributed by atoms with E-state index in [1.165, 1.54) is 0 Å². The number of benzene rings is 2. The molecule has 1 fully saturated rings. The SMILES string of the molecule is COc1ccc(-n2nc(C3CCN(C(=O)C(F)(F)F)CC3)cc2-c2ccc(C)cc2)cc1. The number of halogens is 3. The average Bonchev–Trinajstić information content (AvgIpc) is 3.24. The summed E-state index contributed by atoms with van der Waals surface area (Å²) in [5, 5.41) is 4.83. The van der Waals surface area contributed by atoms with Crippen LogP contribution in [-0.4, -0.2) is 47.0 Å². The standard InChI is InChI=1S/C24H24F3N3O2/c1-16-3-5-18(6-4-16)22-15-21(28-30(22)19-7-9-20(32-2)10-8-19)17-11-13-29(14-12-17)23(31)24(25,26)27/h3-10,15,17H,11-14H2,1-2H3. The Kier molecular flexibility index (Phi) is 5.95. The van der Waals surface area contributed by atoms with E-state index in [1.807, 2.05) is 66.2 Å². The number of hydrogen-bond acceptors (Lipinski definition) is 3. The number of aryl methyl sites for hydroxylation is 1. The number of aromatic nitrogens is 2. The molecular weight excluding hydrogens is 419 g/mol. The van der Waals surface area contributed by atoms with Crippen molar-refractivity contribution in [1.29, 1.82) is 0 Å². The van der Waals surface area contributed by atoms with Crippen LogP contribution in [0.5, 0.6) is 5.75 Å². The molecule has 1 aromatic heterocycles. The van der Waals surface area contributed by atoms with Crippen molar-refractivity contribution in [3.63, 3.8) is 0 Å². The van der Waals surface area contributed by atoms with E-state index >= 15 is 0 Å². The van der Waals surface area contributed by atoms with Gasteiger partial charge in [-0.05, 0) is 50.1 Å². The van der Waals surface area contributed by atoms with Gasteiger partial charge in [0, 0.05) is 24.6 Å². The fourth-order valence-corrected chi connectivity index (χ4v) is 4.01. The summed E-state index contributed by atoms with van der Waals surface area (Å²) in [5.74, 6) is -1.05. The molecule has 0 atom stereocenters. The quantitative estimate of drug-likeness (QED) is 0.562. The smallest absolute Gasteiger partial charge is 0.471 e. The summed E-state index contributed by atoms with van der Waals surface area (Å²) in [4.78, 5) is 12.4. The molecular formula is C24H24F3N3O2. The molecule has 32 heavy (non-hydrogen) atoms. The topological polar surface area (TPSA) is 47.4 Å². The number of hydrogen-bond donors (Lipinski definition) is 0. The lowest BCUT2D eigenvalue weighted by Crippen LogP contribution is -2.45. The van der Waals surface area contributed by atoms with Crippen molar-refractivity contribution >= 4 is 5.91 Å². The van der Waals surface area contributed by atoms with E-state index in [9.17, 15) is 18.0 Å². The molecule has 0 radical (unpaired) electrons. The molecule has 1 amide bonds. The second kappa shape index (κ2) is 8.68. The third-order valence-electron chi connectivity index (χ3n) is 5.84. The number of ether oxygens (including phenoxy) is 1. The Morgan fingerprint density at radius 1 is 1.03 bits per heavy atom. The van der Waals surface area contributed by atoms with Gasteiger partial charge in [-0.25, -0.2) is 4.68 Å². The van der Waals surface area contributed by atoms with E-state index in [0.717, 1.165) is 38.9 Å². The molecule has 1 aliphatic heterocycles. The third-order valence-corrected chi connectivity index (χ3v) is 5.84. The Morgan fingerprint density at radius 2 is 1.66 bits per heavy atom. The van der Waals surface area contributed by atoms with Gasteiger partial charge in [0.25, 0.3) is 0 Å². The molecule has 1 saturated heterocycles. The van der Waals surface area contributed by atoms with E-state index in [1.54, 1.807) is 7.11 Å². The molecule has 4 rings (SSSR count). The fraction of sp³-hybridized carbons (Fsp3) is 0.333. The summed E-state index contributed by atoms with van der Waals surface area (Å²) in [5.41, 5.74) is 4.72. The number of amides is 1. The van der Waals surface area contributed by atoms with E-state index < -0.39 is 12.1 Å². The minimum absolute atomic E-state index is 0.0176. The Morgan fingerprint density at radius 3 is 2.22 bits per heavy atom. The van der Waals surface area contributed by atoms with Crippen molar-refractivity contribution < 1.29 is 22.7 Å². The lowest BCUT2D eigenvalue weighted by atomic mass is 9.93. The highest BCUT2D eigenvalue weighted by Gasteiger charge is 2.43. The number of piperidine rings is 1. The van der Waals surface area contributed by atoms with Gasteiger partial charge < -0.3 is 9.64 Å². The van der Waals surface area contributed by atoms with Gasteiger partial charge in [0.2, 0.25) is 0 Å². The fourth-order valence-electron chi connectivity index (χ4n) is 4.01. The zero-order chi connectivity index (χ0) is 22.9. The first-order valence-corrected chi connectivity index (χ1v) is 10.4. The molecule has 5 nitrogen and oxygen atoms in total. The molecule has 168 valence electrons. The minimum Gasteiger partial charge on any atom is -0.497 e. The first-order chi connectivity index (χ1) is 15.3. The van der Waals surface area contributed by atoms with Crippen molar-refractivity contribution in [2.24, 2.45) is 0 Å². The number of methoxy groups -OCH3 is 1. The van der Waals surface area contributed by atoms with Crippen LogP contribution in [0, 0.1) is 6.92 Å². The van der Waals surface area contributed by atoms with Gasteiger partial charge in [0.1, 0.15) is 5.75 Å². The summed E-state index contributed by atoms with van der Waals surface area (Å²) < 4.78 is 45.4. The van der Waals surface area contributed by atoms with Crippen molar-refractivity contribution in [3.05, 3.63) is 65.9 Å². The van der Waals surface area contributed by atoms with Crippen molar-refractivity contribution in [1.82, 2.24) is 14.7 Å². The van der Waals surface area contributed by atoms with Crippen LogP contribution in [0.15, 0.2) is 54.6 Å². The summed E-state index contributed by atoms with van der Waals surface area (Å²) in [6, 6.07) is 17.7. The molecule has 2 heterocycles. The monoisotopic (exact) mass is 443 g/mol. The highest BCUT2D eigenvalue weighted by atomic mass is 19.4. The lowest BCUT2D eigenvalue weighted by Gasteiger charge is -2.31. The van der Waals surface area contributed by atoms with Gasteiger partial charge in [-0.15, -0.1) is 0 Å². The summed E-state index contributed by atoms with van der Waals surface area (Å²) >= 11 is 0. The number of nitrogens with zero attached hydrogens (tertiary/aromatic N) is 3. The normalized spacial score (nSPS) is 15.1. The zero-order valence-electron chi connectivity index (χ0n) is 17.9. The first-order valence-electron chi connectivity index (χ1n) is 10.4. The van der Waals surface area contributed by atoms with Gasteiger partial charge in [-0.3, -0.25) is 4.79 Å². The average molecular weight is 443 g/mol. The number of carbonyl (C=O) groups is 1. The van der Waals surface area contributed by atoms with Crippen LogP contribution >= 0.6 is 0 Å². The van der Waals surface area contributed by atoms with Crippen LogP contribution in [0.2, 0.25) is 0 Å². The Bertz CT molecular complexity index is 1080. The van der Waals surface area contributed by atoms with E-state index in [2.05, 4.69) is 0 Å². The highest BCUT2D eigenvalue weighted by molar-refractivity contribution is 5.82. The van der Waals surface area contributed by atoms with E-state index in [4.69, 9.17) is 9.84 Å². The number of carbonyl (C=O) groups excluding carboxylic acids is 1. The highest BCUT2D eigenvalue weighted by Crippen LogP contribution is 2.33. The molecule has 1 aliphatic rings. The number of rotatable bonds is 4. The minimum atomic E-state index is -4.83. The number of likely N-dealkylation sites (tertiary alicyclic amines) is 1. The van der Waals surface area contributed by atoms with Crippen molar-refractivity contribution in [2.45, 2.75) is 31.9 Å². The molecule has 0 saturated carbocycles. The maximum atomic E-state index is 12.8. The predicted octanol–water partition coefficient (Wildman–Crippen LogP) is 5.12. The van der Waals surface area contributed by atoms with Gasteiger partial charge in [0.05, 0.1) is 24.2 Å². The van der Waals surface area contributed by atoms with Crippen LogP contribution in [0.4, 0.5) is 13.2 Å². The van der Waals surface area contributed by atoms with Crippen molar-refractivity contribution in [2.75, 3.05) is 20.2 Å². The largest absolute Gasteiger partial charge is 0.497 e. The molecule has 0 N–H and O–H groups in total. The second-order valence-electron chi connectivity index (χ2n) is 7.99. The van der Waals surface area contributed by atoms with E-state index in [-0.39, 0.29) is 19.0 Å². The zero-order valence-corrected chi connectivity index (χ0v) is 17.9. The summed E-state index contributed by atoms with van der Waals surface area (Å²) in [6.45, 7) is 2.16. The molecule has 0 unspecified atom stereocenters. The summed E-state index contributed by atoms with van der Waals surface area (Å²) in [7, 11) is 1.61. The van der Waals surface area contributed by atoms with Gasteiger partial charge in [0.15, 0.2) is 0 Å². The van der Waals surface area contributed by atoms with Gasteiger partial charge >= 0.3 is 12.1 Å². The number of alkyl halides is 3. The van der Waals surface area contributed by atoms with Crippen LogP contribution in [0.25, 0.3) is 16.9 Å². The molecule has 0 spiro atoms. The Hall–Kier alpha value is -3.29. The van der Waals surface area contributed by atoms with Crippen molar-refractivity contribution in [3.8, 4) is 22.7 Å². The van der Waals surface area contributed by atoms with Crippen LogP contribution in [0.3, 0.4) is 0 Å². The summed E-state index contributed by atoms with van der Waals surface area (Å²) in [6.07, 6.45) is -3.95. The van der Waals surface area contributed by atoms with Crippen LogP contribution in [0.1, 0.15) is 30.0 Å². The van der Waals surface area contributed by atoms with Crippen LogP contribution in [-0.2, 0) is 4.79 Å². The first kappa shape index (κ1) is 21.9. The van der Waals surface area contributed by atoms with Gasteiger partial charge in [-0.1, -0.05) is 29.8 Å². The van der Waals surface area contributed by atoms with E-state index in [0.29, 0.717) is 12.8 Å². The Balaban J connectivity index is 1.64. The Labute approximate surface area is 184 Å². The van der Waals surface area contributed by atoms with Crippen LogP contribution < -0.4 is 4.74 Å². The molecule has 0 aliphatic carbocycles. The molecule has 0 bridgehead atoms. The molecule has 8 heteroatoms. The predicted molar refractivity (Wildman–Crippen MR) is 115 cm³/mol. The third kappa shape index (κ3) is 4.49. The molecule has 2 aromatic carbocycles. The maximum absolute atomic E-state index is 12.8. The molecule has 3 aromatic rings. The maximum Gasteiger partial charge on any atom is 0.471 e. The van der Waals surface area contributed by atoms with Gasteiger partial charge in [-0.2, -0.15) is 18.3 Å². The second-order valence-corrected chi connectivity index (χ2v) is 7.99.